The number of benzene rings is 1. The third kappa shape index (κ3) is 2.37. The monoisotopic (exact) mass is 263 g/mol. The van der Waals surface area contributed by atoms with Crippen LogP contribution in [0.2, 0.25) is 0 Å². The molecule has 1 aromatic rings. The number of carbonyl (C=O) groups excluding carboxylic acids is 1. The van der Waals surface area contributed by atoms with Gasteiger partial charge in [0.05, 0.1) is 12.0 Å². The Morgan fingerprint density at radius 1 is 1.47 bits per heavy atom. The van der Waals surface area contributed by atoms with Crippen molar-refractivity contribution in [3.8, 4) is 0 Å². The smallest absolute Gasteiger partial charge is 0.130 e. The molecule has 4 heteroatoms. The zero-order valence-electron chi connectivity index (χ0n) is 10.9. The molecule has 0 amide bonds. The van der Waals surface area contributed by atoms with Gasteiger partial charge in [0.25, 0.3) is 0 Å². The fraction of sp³-hybridized carbons (Fsp3) is 0.533. The van der Waals surface area contributed by atoms with Gasteiger partial charge in [0.15, 0.2) is 0 Å². The first-order chi connectivity index (χ1) is 9.22. The maximum Gasteiger partial charge on any atom is 0.130 e. The Bertz CT molecular complexity index is 483. The van der Waals surface area contributed by atoms with E-state index in [-0.39, 0.29) is 5.82 Å². The molecule has 0 N–H and O–H groups in total. The minimum Gasteiger partial charge on any atom is -0.380 e. The lowest BCUT2D eigenvalue weighted by Crippen LogP contribution is -2.44. The van der Waals surface area contributed by atoms with E-state index in [0.717, 1.165) is 44.4 Å². The number of anilines is 1. The highest BCUT2D eigenvalue weighted by atomic mass is 19.1. The van der Waals surface area contributed by atoms with E-state index in [1.807, 2.05) is 6.07 Å². The first kappa shape index (κ1) is 12.6. The number of ether oxygens (including phenoxy) is 1. The van der Waals surface area contributed by atoms with Crippen LogP contribution < -0.4 is 4.90 Å². The van der Waals surface area contributed by atoms with Crippen LogP contribution in [0, 0.1) is 11.2 Å². The largest absolute Gasteiger partial charge is 0.380 e. The quantitative estimate of drug-likeness (QED) is 0.783. The summed E-state index contributed by atoms with van der Waals surface area (Å²) in [5.74, 6) is -0.217. The Hall–Kier alpha value is -1.42. The van der Waals surface area contributed by atoms with Gasteiger partial charge in [-0.2, -0.15) is 0 Å². The van der Waals surface area contributed by atoms with Crippen LogP contribution in [0.1, 0.15) is 18.4 Å². The molecule has 2 aliphatic rings. The van der Waals surface area contributed by atoms with Crippen molar-refractivity contribution >= 4 is 12.0 Å². The molecule has 1 fully saturated rings. The average Bonchev–Trinajstić information content (AvgIpc) is 2.82. The van der Waals surface area contributed by atoms with E-state index in [0.29, 0.717) is 13.2 Å². The van der Waals surface area contributed by atoms with Crippen LogP contribution in [0.5, 0.6) is 0 Å². The standard InChI is InChI=1S/C15H18FNO2/c16-13-3-2-12-4-6-17(14(12)8-13)9-15(10-18)5-1-7-19-11-15/h2-3,8,10H,1,4-7,9,11H2. The van der Waals surface area contributed by atoms with Gasteiger partial charge in [0.2, 0.25) is 0 Å². The number of hydrogen-bond acceptors (Lipinski definition) is 3. The minimum atomic E-state index is -0.424. The highest BCUT2D eigenvalue weighted by Gasteiger charge is 2.36. The second-order valence-corrected chi connectivity index (χ2v) is 5.58. The molecule has 1 aromatic carbocycles. The van der Waals surface area contributed by atoms with E-state index in [4.69, 9.17) is 4.74 Å². The normalized spacial score (nSPS) is 26.3. The van der Waals surface area contributed by atoms with Crippen LogP contribution in [-0.4, -0.2) is 32.6 Å². The summed E-state index contributed by atoms with van der Waals surface area (Å²) in [6, 6.07) is 4.92. The van der Waals surface area contributed by atoms with Crippen molar-refractivity contribution in [1.29, 1.82) is 0 Å². The van der Waals surface area contributed by atoms with Gasteiger partial charge in [0, 0.05) is 25.4 Å². The second kappa shape index (κ2) is 4.93. The number of hydrogen-bond donors (Lipinski definition) is 0. The number of nitrogens with zero attached hydrogens (tertiary/aromatic N) is 1. The van der Waals surface area contributed by atoms with Gasteiger partial charge in [0.1, 0.15) is 12.1 Å². The van der Waals surface area contributed by atoms with E-state index in [2.05, 4.69) is 4.90 Å². The number of rotatable bonds is 3. The van der Waals surface area contributed by atoms with Gasteiger partial charge in [-0.15, -0.1) is 0 Å². The zero-order chi connectivity index (χ0) is 13.3. The first-order valence-electron chi connectivity index (χ1n) is 6.80. The fourth-order valence-electron chi connectivity index (χ4n) is 3.09. The summed E-state index contributed by atoms with van der Waals surface area (Å²) in [6.45, 7) is 2.71. The molecule has 3 nitrogen and oxygen atoms in total. The van der Waals surface area contributed by atoms with Gasteiger partial charge in [-0.05, 0) is 37.0 Å². The maximum absolute atomic E-state index is 13.4. The molecule has 0 aromatic heterocycles. The Balaban J connectivity index is 1.81. The Labute approximate surface area is 112 Å². The summed E-state index contributed by atoms with van der Waals surface area (Å²) in [5.41, 5.74) is 1.68. The van der Waals surface area contributed by atoms with Crippen molar-refractivity contribution in [1.82, 2.24) is 0 Å². The summed E-state index contributed by atoms with van der Waals surface area (Å²) < 4.78 is 18.8. The van der Waals surface area contributed by atoms with Gasteiger partial charge < -0.3 is 14.4 Å². The molecule has 102 valence electrons. The molecule has 1 unspecified atom stereocenters. The molecule has 2 aliphatic heterocycles. The molecule has 3 rings (SSSR count). The van der Waals surface area contributed by atoms with Crippen LogP contribution >= 0.6 is 0 Å². The van der Waals surface area contributed by atoms with E-state index in [1.54, 1.807) is 6.07 Å². The van der Waals surface area contributed by atoms with Crippen LogP contribution in [0.3, 0.4) is 0 Å². The number of carbonyl (C=O) groups is 1. The summed E-state index contributed by atoms with van der Waals surface area (Å²) in [6.07, 6.45) is 3.73. The van der Waals surface area contributed by atoms with Crippen molar-refractivity contribution in [2.24, 2.45) is 5.41 Å². The Kier molecular flexibility index (Phi) is 3.27. The molecular formula is C15H18FNO2. The van der Waals surface area contributed by atoms with E-state index >= 15 is 0 Å². The predicted octanol–water partition coefficient (Wildman–Crippen LogP) is 2.18. The topological polar surface area (TPSA) is 29.5 Å². The lowest BCUT2D eigenvalue weighted by molar-refractivity contribution is -0.122. The van der Waals surface area contributed by atoms with Crippen molar-refractivity contribution < 1.29 is 13.9 Å². The van der Waals surface area contributed by atoms with Crippen molar-refractivity contribution in [3.63, 3.8) is 0 Å². The molecule has 0 spiro atoms. The first-order valence-corrected chi connectivity index (χ1v) is 6.80. The highest BCUT2D eigenvalue weighted by molar-refractivity contribution is 5.64. The van der Waals surface area contributed by atoms with Gasteiger partial charge in [-0.1, -0.05) is 6.07 Å². The molecular weight excluding hydrogens is 245 g/mol. The average molecular weight is 263 g/mol. The van der Waals surface area contributed by atoms with E-state index in [9.17, 15) is 9.18 Å². The number of aldehydes is 1. The SMILES string of the molecule is O=CC1(CN2CCc3ccc(F)cc32)CCCOC1. The van der Waals surface area contributed by atoms with Crippen molar-refractivity contribution in [3.05, 3.63) is 29.6 Å². The Morgan fingerprint density at radius 2 is 2.37 bits per heavy atom. The predicted molar refractivity (Wildman–Crippen MR) is 70.9 cm³/mol. The van der Waals surface area contributed by atoms with E-state index < -0.39 is 5.41 Å². The van der Waals surface area contributed by atoms with Crippen molar-refractivity contribution in [2.75, 3.05) is 31.2 Å². The van der Waals surface area contributed by atoms with Gasteiger partial charge in [-0.25, -0.2) is 4.39 Å². The van der Waals surface area contributed by atoms with Gasteiger partial charge in [-0.3, -0.25) is 0 Å². The molecule has 0 radical (unpaired) electrons. The molecule has 19 heavy (non-hydrogen) atoms. The number of fused-ring (bicyclic) bond motifs is 1. The summed E-state index contributed by atoms with van der Waals surface area (Å²) in [5, 5.41) is 0. The molecule has 0 saturated carbocycles. The number of halogens is 1. The van der Waals surface area contributed by atoms with Crippen LogP contribution in [-0.2, 0) is 16.0 Å². The molecule has 2 heterocycles. The van der Waals surface area contributed by atoms with Crippen LogP contribution in [0.25, 0.3) is 0 Å². The lowest BCUT2D eigenvalue weighted by atomic mass is 9.83. The third-order valence-corrected chi connectivity index (χ3v) is 4.15. The van der Waals surface area contributed by atoms with Crippen molar-refractivity contribution in [2.45, 2.75) is 19.3 Å². The van der Waals surface area contributed by atoms with E-state index in [1.165, 1.54) is 11.6 Å². The fourth-order valence-corrected chi connectivity index (χ4v) is 3.09. The summed E-state index contributed by atoms with van der Waals surface area (Å²) >= 11 is 0. The lowest BCUT2D eigenvalue weighted by Gasteiger charge is -2.36. The second-order valence-electron chi connectivity index (χ2n) is 5.58. The molecule has 1 saturated heterocycles. The molecule has 0 bridgehead atoms. The maximum atomic E-state index is 13.4. The van der Waals surface area contributed by atoms with Gasteiger partial charge >= 0.3 is 0 Å². The van der Waals surface area contributed by atoms with Crippen LogP contribution in [0.4, 0.5) is 10.1 Å². The zero-order valence-corrected chi connectivity index (χ0v) is 10.9. The highest BCUT2D eigenvalue weighted by Crippen LogP contribution is 2.34. The summed E-state index contributed by atoms with van der Waals surface area (Å²) in [7, 11) is 0. The third-order valence-electron chi connectivity index (χ3n) is 4.15. The Morgan fingerprint density at radius 3 is 3.11 bits per heavy atom. The molecule has 1 atom stereocenters. The minimum absolute atomic E-state index is 0.217. The van der Waals surface area contributed by atoms with Crippen LogP contribution in [0.15, 0.2) is 18.2 Å². The summed E-state index contributed by atoms with van der Waals surface area (Å²) in [4.78, 5) is 13.6. The molecule has 0 aliphatic carbocycles.